The Labute approximate surface area is 215 Å². The third kappa shape index (κ3) is 5.13. The number of hydrogen-bond acceptors (Lipinski definition) is 5. The number of nitrogens with zero attached hydrogens (tertiary/aromatic N) is 3. The van der Waals surface area contributed by atoms with E-state index in [4.69, 9.17) is 4.74 Å². The van der Waals surface area contributed by atoms with Gasteiger partial charge < -0.3 is 4.74 Å². The number of rotatable bonds is 3. The van der Waals surface area contributed by atoms with Crippen molar-refractivity contribution in [3.8, 4) is 17.2 Å². The Morgan fingerprint density at radius 2 is 1.92 bits per heavy atom. The van der Waals surface area contributed by atoms with Gasteiger partial charge in [0.15, 0.2) is 0 Å². The highest BCUT2D eigenvalue weighted by Crippen LogP contribution is 2.53. The molecule has 0 unspecified atom stereocenters. The topological polar surface area (TPSA) is 83.3 Å². The summed E-state index contributed by atoms with van der Waals surface area (Å²) < 4.78 is 35.5. The molecule has 0 radical (unpaired) electrons. The van der Waals surface area contributed by atoms with Crippen LogP contribution in [0.15, 0.2) is 48.7 Å². The summed E-state index contributed by atoms with van der Waals surface area (Å²) in [6.07, 6.45) is 3.64. The van der Waals surface area contributed by atoms with Crippen molar-refractivity contribution < 1.29 is 23.1 Å². The second-order valence-corrected chi connectivity index (χ2v) is 10.9. The zero-order chi connectivity index (χ0) is 27.1. The molecule has 194 valence electrons. The highest BCUT2D eigenvalue weighted by Gasteiger charge is 2.61. The van der Waals surface area contributed by atoms with Crippen LogP contribution in [-0.4, -0.2) is 39.4 Å². The zero-order valence-electron chi connectivity index (χ0n) is 21.6. The van der Waals surface area contributed by atoms with E-state index in [2.05, 4.69) is 11.1 Å². The summed E-state index contributed by atoms with van der Waals surface area (Å²) in [7, 11) is 0. The molecule has 2 amide bonds. The number of imide groups is 1. The molecule has 0 spiro atoms. The Balaban J connectivity index is 1.61. The third-order valence-corrected chi connectivity index (χ3v) is 7.39. The van der Waals surface area contributed by atoms with Gasteiger partial charge in [0.2, 0.25) is 5.91 Å². The van der Waals surface area contributed by atoms with E-state index in [-0.39, 0.29) is 0 Å². The summed E-state index contributed by atoms with van der Waals surface area (Å²) in [5.74, 6) is -6.78. The zero-order valence-corrected chi connectivity index (χ0v) is 21.6. The van der Waals surface area contributed by atoms with E-state index in [1.165, 1.54) is 6.92 Å². The van der Waals surface area contributed by atoms with Gasteiger partial charge in [-0.25, -0.2) is 18.5 Å². The van der Waals surface area contributed by atoms with Crippen molar-refractivity contribution in [1.82, 2.24) is 9.88 Å². The number of likely N-dealkylation sites (tertiary alicyclic amines) is 1. The Kier molecular flexibility index (Phi) is 6.93. The van der Waals surface area contributed by atoms with Gasteiger partial charge in [0, 0.05) is 41.6 Å². The fourth-order valence-corrected chi connectivity index (χ4v) is 5.53. The lowest BCUT2D eigenvalue weighted by Crippen LogP contribution is -2.47. The number of allylic oxidation sites excluding steroid dienone is 1. The molecule has 8 heteroatoms. The number of nitriles is 1. The molecule has 5 atom stereocenters. The summed E-state index contributed by atoms with van der Waals surface area (Å²) in [5.41, 5.74) is 1.82. The summed E-state index contributed by atoms with van der Waals surface area (Å²) in [4.78, 5) is 31.4. The molecule has 37 heavy (non-hydrogen) atoms. The summed E-state index contributed by atoms with van der Waals surface area (Å²) in [6.45, 7) is 8.31. The summed E-state index contributed by atoms with van der Waals surface area (Å²) in [5, 5.41) is 9.35. The maximum Gasteiger partial charge on any atom is 0.417 e. The van der Waals surface area contributed by atoms with Gasteiger partial charge in [-0.2, -0.15) is 5.26 Å². The molecule has 1 aromatic carbocycles. The maximum absolute atomic E-state index is 15.1. The number of carbonyl (C=O) groups is 2. The van der Waals surface area contributed by atoms with Gasteiger partial charge in [-0.05, 0) is 57.7 Å². The first-order chi connectivity index (χ1) is 17.3. The van der Waals surface area contributed by atoms with Crippen molar-refractivity contribution in [3.05, 3.63) is 59.9 Å². The molecule has 2 aliphatic rings. The fraction of sp³-hybridized carbons (Fsp3) is 0.448. The lowest BCUT2D eigenvalue weighted by atomic mass is 9.64. The smallest absolute Gasteiger partial charge is 0.417 e. The largest absolute Gasteiger partial charge is 0.443 e. The molecule has 1 saturated carbocycles. The average Bonchev–Trinajstić information content (AvgIpc) is 3.07. The van der Waals surface area contributed by atoms with Crippen LogP contribution in [0.1, 0.15) is 52.3 Å². The quantitative estimate of drug-likeness (QED) is 0.485. The van der Waals surface area contributed by atoms with Crippen molar-refractivity contribution in [2.24, 2.45) is 23.7 Å². The van der Waals surface area contributed by atoms with Gasteiger partial charge in [-0.1, -0.05) is 37.3 Å². The molecule has 2 heterocycles. The number of ether oxygens (including phenoxy) is 1. The minimum atomic E-state index is -3.06. The van der Waals surface area contributed by atoms with Crippen LogP contribution in [0.25, 0.3) is 17.2 Å². The van der Waals surface area contributed by atoms with Crippen LogP contribution >= 0.6 is 0 Å². The molecule has 6 nitrogen and oxygen atoms in total. The van der Waals surface area contributed by atoms with E-state index in [9.17, 15) is 14.9 Å². The summed E-state index contributed by atoms with van der Waals surface area (Å²) in [6, 6.07) is 12.4. The molecule has 1 aliphatic carbocycles. The Bertz CT molecular complexity index is 1260. The van der Waals surface area contributed by atoms with E-state index in [0.29, 0.717) is 11.3 Å². The van der Waals surface area contributed by atoms with Crippen LogP contribution in [-0.2, 0) is 9.53 Å². The predicted molar refractivity (Wildman–Crippen MR) is 135 cm³/mol. The number of fused-ring (bicyclic) bond motifs is 1. The number of hydrogen-bond donors (Lipinski definition) is 0. The number of pyridine rings is 1. The van der Waals surface area contributed by atoms with Crippen molar-refractivity contribution in [1.29, 1.82) is 5.26 Å². The highest BCUT2D eigenvalue weighted by atomic mass is 19.3. The molecule has 1 aliphatic heterocycles. The van der Waals surface area contributed by atoms with Gasteiger partial charge >= 0.3 is 6.09 Å². The van der Waals surface area contributed by atoms with Crippen molar-refractivity contribution >= 4 is 18.1 Å². The molecular formula is C29H31F2N3O3. The standard InChI is InChI=1S/C29H31F2N3O3/c1-17-22(13-12-21-11-10-20(16-33-21)23-9-7-6-8-19(23)15-32)25-18(2)34(27(36)37-28(3,4)5)26(35)24(25)14-29(17,30)31/h6-13,16-18,22,24-25H,14H2,1-5H3/b13-12+/t17-,18+,22-,24+,25-/m0/s1. The van der Waals surface area contributed by atoms with E-state index in [1.807, 2.05) is 18.2 Å². The highest BCUT2D eigenvalue weighted by molar-refractivity contribution is 5.96. The van der Waals surface area contributed by atoms with Crippen molar-refractivity contribution in [3.63, 3.8) is 0 Å². The van der Waals surface area contributed by atoms with Crippen LogP contribution in [0.4, 0.5) is 13.6 Å². The third-order valence-electron chi connectivity index (χ3n) is 7.39. The van der Waals surface area contributed by atoms with Gasteiger partial charge in [-0.15, -0.1) is 0 Å². The average molecular weight is 508 g/mol. The summed E-state index contributed by atoms with van der Waals surface area (Å²) >= 11 is 0. The lowest BCUT2D eigenvalue weighted by molar-refractivity contribution is -0.146. The van der Waals surface area contributed by atoms with E-state index >= 15 is 8.78 Å². The monoisotopic (exact) mass is 507 g/mol. The SMILES string of the molecule is C[C@@H]1[C@H]2[C@@H](/C=C/c3ccc(-c4ccccc4C#N)cn3)[C@H](C)C(F)(F)C[C@H]2C(=O)N1C(=O)OC(C)(C)C. The first-order valence-electron chi connectivity index (χ1n) is 12.4. The van der Waals surface area contributed by atoms with E-state index in [1.54, 1.807) is 64.2 Å². The van der Waals surface area contributed by atoms with Crippen LogP contribution in [0, 0.1) is 35.0 Å². The van der Waals surface area contributed by atoms with Crippen LogP contribution < -0.4 is 0 Å². The van der Waals surface area contributed by atoms with Crippen molar-refractivity contribution in [2.45, 2.75) is 58.6 Å². The molecule has 4 rings (SSSR count). The molecule has 2 aromatic rings. The Hall–Kier alpha value is -3.60. The molecule has 2 fully saturated rings. The number of amides is 2. The predicted octanol–water partition coefficient (Wildman–Crippen LogP) is 6.32. The molecule has 0 N–H and O–H groups in total. The van der Waals surface area contributed by atoms with E-state index in [0.717, 1.165) is 16.0 Å². The van der Waals surface area contributed by atoms with Gasteiger partial charge in [-0.3, -0.25) is 9.78 Å². The second-order valence-electron chi connectivity index (χ2n) is 10.9. The minimum Gasteiger partial charge on any atom is -0.443 e. The molecule has 0 bridgehead atoms. The minimum absolute atomic E-state index is 0.465. The number of halogens is 2. The van der Waals surface area contributed by atoms with Crippen LogP contribution in [0.3, 0.4) is 0 Å². The van der Waals surface area contributed by atoms with E-state index < -0.39 is 59.7 Å². The Morgan fingerprint density at radius 3 is 2.54 bits per heavy atom. The van der Waals surface area contributed by atoms with Gasteiger partial charge in [0.05, 0.1) is 17.3 Å². The first-order valence-corrected chi connectivity index (χ1v) is 12.4. The molecule has 1 aromatic heterocycles. The fourth-order valence-electron chi connectivity index (χ4n) is 5.53. The normalized spacial score (nSPS) is 27.1. The van der Waals surface area contributed by atoms with Crippen molar-refractivity contribution in [2.75, 3.05) is 0 Å². The number of aromatic nitrogens is 1. The molecule has 1 saturated heterocycles. The first kappa shape index (κ1) is 26.5. The second kappa shape index (κ2) is 9.70. The number of alkyl halides is 2. The Morgan fingerprint density at radius 1 is 1.22 bits per heavy atom. The van der Waals surface area contributed by atoms with Crippen LogP contribution in [0.5, 0.6) is 0 Å². The molecular weight excluding hydrogens is 476 g/mol. The van der Waals surface area contributed by atoms with Gasteiger partial charge in [0.1, 0.15) is 5.60 Å². The maximum atomic E-state index is 15.1. The number of carbonyl (C=O) groups excluding carboxylic acids is 2. The van der Waals surface area contributed by atoms with Crippen LogP contribution in [0.2, 0.25) is 0 Å². The van der Waals surface area contributed by atoms with Gasteiger partial charge in [0.25, 0.3) is 5.92 Å². The lowest BCUT2D eigenvalue weighted by Gasteiger charge is -2.42. The number of benzene rings is 1.